The molecule has 0 bridgehead atoms. The van der Waals surface area contributed by atoms with Crippen molar-refractivity contribution in [1.29, 1.82) is 0 Å². The van der Waals surface area contributed by atoms with E-state index in [0.717, 1.165) is 17.8 Å². The van der Waals surface area contributed by atoms with Crippen molar-refractivity contribution < 1.29 is 14.3 Å². The van der Waals surface area contributed by atoms with Crippen LogP contribution < -0.4 is 20.1 Å². The van der Waals surface area contributed by atoms with Crippen molar-refractivity contribution >= 4 is 23.1 Å². The number of amides is 1. The molecule has 6 heteroatoms. The van der Waals surface area contributed by atoms with Gasteiger partial charge in [-0.1, -0.05) is 19.1 Å². The minimum atomic E-state index is -0.274. The molecule has 2 aromatic carbocycles. The zero-order chi connectivity index (χ0) is 19.9. The van der Waals surface area contributed by atoms with Gasteiger partial charge in [-0.25, -0.2) is 4.98 Å². The molecule has 3 aromatic rings. The number of carbonyl (C=O) groups excluding carboxylic acids is 1. The first kappa shape index (κ1) is 19.2. The summed E-state index contributed by atoms with van der Waals surface area (Å²) in [5.74, 6) is 1.26. The fraction of sp³-hybridized carbons (Fsp3) is 0.182. The number of hydrogen-bond acceptors (Lipinski definition) is 5. The minimum Gasteiger partial charge on any atom is -0.493 e. The summed E-state index contributed by atoms with van der Waals surface area (Å²) in [4.78, 5) is 16.8. The number of carbonyl (C=O) groups is 1. The number of pyridine rings is 1. The number of methoxy groups -OCH3 is 2. The number of benzene rings is 2. The van der Waals surface area contributed by atoms with Crippen molar-refractivity contribution in [2.24, 2.45) is 0 Å². The third-order valence-electron chi connectivity index (χ3n) is 4.30. The molecular weight excluding hydrogens is 354 g/mol. The van der Waals surface area contributed by atoms with Crippen LogP contribution in [0.4, 0.5) is 17.2 Å². The van der Waals surface area contributed by atoms with Gasteiger partial charge in [0.05, 0.1) is 26.1 Å². The Morgan fingerprint density at radius 1 is 0.929 bits per heavy atom. The normalized spacial score (nSPS) is 10.2. The second kappa shape index (κ2) is 8.90. The molecule has 0 unspecified atom stereocenters. The second-order valence-electron chi connectivity index (χ2n) is 6.13. The standard InChI is InChI=1S/C22H23N3O3/c1-4-15-5-8-17(9-6-15)24-18-10-12-21(23-14-18)25-22(26)16-7-11-19(27-2)20(13-16)28-3/h5-14,24H,4H2,1-3H3,(H,23,25,26). The number of ether oxygens (including phenoxy) is 2. The molecule has 6 nitrogen and oxygen atoms in total. The summed E-state index contributed by atoms with van der Waals surface area (Å²) in [6, 6.07) is 16.9. The fourth-order valence-corrected chi connectivity index (χ4v) is 2.70. The molecule has 0 aliphatic heterocycles. The zero-order valence-corrected chi connectivity index (χ0v) is 16.2. The van der Waals surface area contributed by atoms with Crippen molar-refractivity contribution in [2.45, 2.75) is 13.3 Å². The summed E-state index contributed by atoms with van der Waals surface area (Å²) in [5.41, 5.74) is 3.57. The molecule has 0 fully saturated rings. The number of anilines is 3. The van der Waals surface area contributed by atoms with Gasteiger partial charge in [0.25, 0.3) is 5.91 Å². The smallest absolute Gasteiger partial charge is 0.256 e. The average molecular weight is 377 g/mol. The SMILES string of the molecule is CCc1ccc(Nc2ccc(NC(=O)c3ccc(OC)c(OC)c3)nc2)cc1. The number of aromatic nitrogens is 1. The van der Waals surface area contributed by atoms with E-state index in [2.05, 4.69) is 34.7 Å². The highest BCUT2D eigenvalue weighted by atomic mass is 16.5. The van der Waals surface area contributed by atoms with E-state index in [1.807, 2.05) is 18.2 Å². The Bertz CT molecular complexity index is 938. The van der Waals surface area contributed by atoms with Gasteiger partial charge in [0.15, 0.2) is 11.5 Å². The van der Waals surface area contributed by atoms with Gasteiger partial charge < -0.3 is 20.1 Å². The maximum atomic E-state index is 12.5. The molecular formula is C22H23N3O3. The summed E-state index contributed by atoms with van der Waals surface area (Å²) < 4.78 is 10.4. The van der Waals surface area contributed by atoms with Crippen LogP contribution in [0.5, 0.6) is 11.5 Å². The fourth-order valence-electron chi connectivity index (χ4n) is 2.70. The average Bonchev–Trinajstić information content (AvgIpc) is 2.75. The maximum Gasteiger partial charge on any atom is 0.256 e. The molecule has 28 heavy (non-hydrogen) atoms. The number of nitrogens with zero attached hydrogens (tertiary/aromatic N) is 1. The van der Waals surface area contributed by atoms with Crippen molar-refractivity contribution in [3.05, 3.63) is 71.9 Å². The van der Waals surface area contributed by atoms with Gasteiger partial charge in [-0.2, -0.15) is 0 Å². The molecule has 0 spiro atoms. The molecule has 144 valence electrons. The van der Waals surface area contributed by atoms with E-state index in [4.69, 9.17) is 9.47 Å². The van der Waals surface area contributed by atoms with Gasteiger partial charge in [0.1, 0.15) is 5.82 Å². The summed E-state index contributed by atoms with van der Waals surface area (Å²) in [6.07, 6.45) is 2.69. The van der Waals surface area contributed by atoms with Crippen LogP contribution in [0.1, 0.15) is 22.8 Å². The van der Waals surface area contributed by atoms with E-state index >= 15 is 0 Å². The van der Waals surface area contributed by atoms with Gasteiger partial charge in [-0.3, -0.25) is 4.79 Å². The predicted octanol–water partition coefficient (Wildman–Crippen LogP) is 4.66. The topological polar surface area (TPSA) is 72.5 Å². The minimum absolute atomic E-state index is 0.274. The maximum absolute atomic E-state index is 12.5. The third-order valence-corrected chi connectivity index (χ3v) is 4.30. The Balaban J connectivity index is 1.65. The Morgan fingerprint density at radius 2 is 1.64 bits per heavy atom. The molecule has 1 heterocycles. The molecule has 0 atom stereocenters. The monoisotopic (exact) mass is 377 g/mol. The largest absolute Gasteiger partial charge is 0.493 e. The first-order chi connectivity index (χ1) is 13.6. The second-order valence-corrected chi connectivity index (χ2v) is 6.13. The third kappa shape index (κ3) is 4.59. The highest BCUT2D eigenvalue weighted by Crippen LogP contribution is 2.28. The molecule has 0 saturated carbocycles. The quantitative estimate of drug-likeness (QED) is 0.627. The first-order valence-corrected chi connectivity index (χ1v) is 8.98. The van der Waals surface area contributed by atoms with Crippen LogP contribution in [0.25, 0.3) is 0 Å². The van der Waals surface area contributed by atoms with E-state index in [9.17, 15) is 4.79 Å². The van der Waals surface area contributed by atoms with Gasteiger partial charge in [-0.05, 0) is 54.4 Å². The van der Waals surface area contributed by atoms with Crippen LogP contribution in [0.15, 0.2) is 60.8 Å². The lowest BCUT2D eigenvalue weighted by Gasteiger charge is -2.10. The lowest BCUT2D eigenvalue weighted by atomic mass is 10.1. The highest BCUT2D eigenvalue weighted by Gasteiger charge is 2.11. The Labute approximate surface area is 164 Å². The first-order valence-electron chi connectivity index (χ1n) is 8.98. The van der Waals surface area contributed by atoms with Crippen molar-refractivity contribution in [1.82, 2.24) is 4.98 Å². The van der Waals surface area contributed by atoms with Gasteiger partial charge >= 0.3 is 0 Å². The van der Waals surface area contributed by atoms with E-state index in [0.29, 0.717) is 22.9 Å². The van der Waals surface area contributed by atoms with Crippen LogP contribution >= 0.6 is 0 Å². The highest BCUT2D eigenvalue weighted by molar-refractivity contribution is 6.04. The summed E-state index contributed by atoms with van der Waals surface area (Å²) in [5, 5.41) is 6.07. The molecule has 0 saturated heterocycles. The molecule has 0 aliphatic rings. The van der Waals surface area contributed by atoms with Gasteiger partial charge in [0.2, 0.25) is 0 Å². The van der Waals surface area contributed by atoms with E-state index in [1.54, 1.807) is 37.6 Å². The zero-order valence-electron chi connectivity index (χ0n) is 16.2. The number of aryl methyl sites for hydroxylation is 1. The number of rotatable bonds is 7. The Kier molecular flexibility index (Phi) is 6.11. The van der Waals surface area contributed by atoms with Crippen LogP contribution in [-0.4, -0.2) is 25.1 Å². The van der Waals surface area contributed by atoms with Crippen molar-refractivity contribution in [3.8, 4) is 11.5 Å². The summed E-state index contributed by atoms with van der Waals surface area (Å²) in [6.45, 7) is 2.13. The predicted molar refractivity (Wildman–Crippen MR) is 111 cm³/mol. The van der Waals surface area contributed by atoms with E-state index in [1.165, 1.54) is 12.7 Å². The van der Waals surface area contributed by atoms with E-state index < -0.39 is 0 Å². The van der Waals surface area contributed by atoms with Crippen molar-refractivity contribution in [3.63, 3.8) is 0 Å². The van der Waals surface area contributed by atoms with Crippen LogP contribution in [-0.2, 0) is 6.42 Å². The Morgan fingerprint density at radius 3 is 2.25 bits per heavy atom. The van der Waals surface area contributed by atoms with Gasteiger partial charge in [-0.15, -0.1) is 0 Å². The number of hydrogen-bond donors (Lipinski definition) is 2. The number of nitrogens with one attached hydrogen (secondary N) is 2. The lowest BCUT2D eigenvalue weighted by molar-refractivity contribution is 0.102. The molecule has 0 radical (unpaired) electrons. The summed E-state index contributed by atoms with van der Waals surface area (Å²) in [7, 11) is 3.08. The Hall–Kier alpha value is -3.54. The van der Waals surface area contributed by atoms with Crippen LogP contribution in [0.2, 0.25) is 0 Å². The van der Waals surface area contributed by atoms with Crippen LogP contribution in [0.3, 0.4) is 0 Å². The van der Waals surface area contributed by atoms with Gasteiger partial charge in [0, 0.05) is 11.3 Å². The molecule has 2 N–H and O–H groups in total. The molecule has 3 rings (SSSR count). The lowest BCUT2D eigenvalue weighted by Crippen LogP contribution is -2.13. The van der Waals surface area contributed by atoms with E-state index in [-0.39, 0.29) is 5.91 Å². The molecule has 1 aromatic heterocycles. The summed E-state index contributed by atoms with van der Waals surface area (Å²) >= 11 is 0. The van der Waals surface area contributed by atoms with Crippen LogP contribution in [0, 0.1) is 0 Å². The molecule has 0 aliphatic carbocycles. The van der Waals surface area contributed by atoms with Crippen molar-refractivity contribution in [2.75, 3.05) is 24.9 Å². The molecule has 1 amide bonds.